The molecule has 0 unspecified atom stereocenters. The zero-order chi connectivity index (χ0) is 71.8. The molecular weight excluding hydrogens is 1400 g/mol. The Morgan fingerprint density at radius 3 is 1.30 bits per heavy atom. The van der Waals surface area contributed by atoms with Crippen LogP contribution >= 0.6 is 34.4 Å². The SMILES string of the molecule is CCN(CC)c1cc(Nc2nc(Nc3cc(N(CC)CC)c(OC)cc3N=Nc3nc(N4CCOCC4)c(C=C(C(C)=O)C(=O)Nc4ccc(S(=O)(=O)O)cc4)s3)nc(SCCO)n2)c(N=Nc2nc(N3CCOCC3)c(C=C(C(C)=O)C(=O)Nc3ccc(S(=O)(=O)O)cc3)s2)cc1OC. The van der Waals surface area contributed by atoms with Crippen LogP contribution in [0.1, 0.15) is 51.3 Å². The summed E-state index contributed by atoms with van der Waals surface area (Å²) in [6.45, 7) is 15.8. The maximum Gasteiger partial charge on any atom is 0.294 e. The van der Waals surface area contributed by atoms with E-state index in [-0.39, 0.29) is 83.4 Å². The molecule has 32 nitrogen and oxygen atoms in total. The first-order chi connectivity index (χ1) is 47.9. The molecule has 9 rings (SSSR count). The quantitative estimate of drug-likeness (QED) is 0.00530. The third-order valence-electron chi connectivity index (χ3n) is 15.2. The lowest BCUT2D eigenvalue weighted by Gasteiger charge is -2.27. The van der Waals surface area contributed by atoms with Crippen molar-refractivity contribution in [3.05, 3.63) is 93.7 Å². The molecule has 2 aliphatic rings. The molecule has 2 fully saturated rings. The van der Waals surface area contributed by atoms with Crippen LogP contribution in [0, 0.1) is 0 Å². The number of carbonyl (C=O) groups excluding carboxylic acids is 4. The highest BCUT2D eigenvalue weighted by atomic mass is 32.2. The predicted molar refractivity (Wildman–Crippen MR) is 383 cm³/mol. The third kappa shape index (κ3) is 19.1. The van der Waals surface area contributed by atoms with Gasteiger partial charge in [0.05, 0.1) is 101 Å². The number of morpholine rings is 2. The molecule has 0 saturated carbocycles. The van der Waals surface area contributed by atoms with Gasteiger partial charge in [0.2, 0.25) is 22.2 Å². The Morgan fingerprint density at radius 2 is 0.970 bits per heavy atom. The van der Waals surface area contributed by atoms with Crippen molar-refractivity contribution in [1.82, 2.24) is 24.9 Å². The number of thiazole rings is 2. The highest BCUT2D eigenvalue weighted by Gasteiger charge is 2.27. The van der Waals surface area contributed by atoms with E-state index in [4.69, 9.17) is 54.1 Å². The predicted octanol–water partition coefficient (Wildman–Crippen LogP) is 10.3. The molecule has 2 saturated heterocycles. The second-order valence-corrected chi connectivity index (χ2v) is 27.5. The molecule has 530 valence electrons. The molecule has 100 heavy (non-hydrogen) atoms. The molecule has 0 radical (unpaired) electrons. The summed E-state index contributed by atoms with van der Waals surface area (Å²) in [7, 11) is -5.95. The van der Waals surface area contributed by atoms with Crippen LogP contribution in [-0.2, 0) is 48.9 Å². The zero-order valence-electron chi connectivity index (χ0n) is 55.6. The number of ether oxygens (including phenoxy) is 4. The second kappa shape index (κ2) is 34.1. The van der Waals surface area contributed by atoms with Gasteiger partial charge >= 0.3 is 0 Å². The van der Waals surface area contributed by atoms with Crippen molar-refractivity contribution < 1.29 is 69.2 Å². The van der Waals surface area contributed by atoms with Crippen molar-refractivity contribution in [2.45, 2.75) is 56.5 Å². The Balaban J connectivity index is 1.10. The number of thioether (sulfide) groups is 1. The van der Waals surface area contributed by atoms with Crippen LogP contribution in [0.15, 0.2) is 119 Å². The number of benzene rings is 4. The number of aromatic nitrogens is 5. The summed E-state index contributed by atoms with van der Waals surface area (Å²) in [5.74, 6) is -0.774. The van der Waals surface area contributed by atoms with Crippen LogP contribution < -0.4 is 50.3 Å². The van der Waals surface area contributed by atoms with Crippen LogP contribution in [-0.4, -0.2) is 185 Å². The average Bonchev–Trinajstić information content (AvgIpc) is 1.30. The molecule has 2 aliphatic heterocycles. The lowest BCUT2D eigenvalue weighted by molar-refractivity contribution is -0.120. The summed E-state index contributed by atoms with van der Waals surface area (Å²) >= 11 is 3.27. The number of nitrogens with one attached hydrogen (secondary N) is 4. The lowest BCUT2D eigenvalue weighted by atomic mass is 10.1. The Bertz CT molecular complexity index is 4220. The normalized spacial score (nSPS) is 13.9. The molecule has 4 aromatic carbocycles. The first-order valence-corrected chi connectivity index (χ1v) is 36.7. The summed E-state index contributed by atoms with van der Waals surface area (Å²) in [6, 6.07) is 16.5. The van der Waals surface area contributed by atoms with Gasteiger partial charge in [0, 0.05) is 81.6 Å². The summed E-state index contributed by atoms with van der Waals surface area (Å²) in [6.07, 6.45) is 2.81. The van der Waals surface area contributed by atoms with E-state index in [1.54, 1.807) is 12.1 Å². The fraction of sp³-hybridized carbons (Fsp3) is 0.349. The van der Waals surface area contributed by atoms with Gasteiger partial charge in [-0.1, -0.05) is 34.4 Å². The number of anilines is 10. The molecule has 7 aromatic rings. The van der Waals surface area contributed by atoms with Crippen LogP contribution in [0.4, 0.5) is 79.3 Å². The number of aliphatic hydroxyl groups is 1. The number of rotatable bonds is 31. The van der Waals surface area contributed by atoms with Crippen molar-refractivity contribution in [3.8, 4) is 11.5 Å². The summed E-state index contributed by atoms with van der Waals surface area (Å²) < 4.78 is 88.9. The molecule has 37 heteroatoms. The van der Waals surface area contributed by atoms with E-state index in [0.29, 0.717) is 134 Å². The smallest absolute Gasteiger partial charge is 0.294 e. The fourth-order valence-electron chi connectivity index (χ4n) is 10.2. The fourth-order valence-corrected chi connectivity index (χ4v) is 13.4. The van der Waals surface area contributed by atoms with Crippen molar-refractivity contribution in [1.29, 1.82) is 0 Å². The van der Waals surface area contributed by atoms with Crippen molar-refractivity contribution in [3.63, 3.8) is 0 Å². The average molecular weight is 1470 g/mol. The van der Waals surface area contributed by atoms with Gasteiger partial charge in [-0.2, -0.15) is 41.8 Å². The number of nitrogens with zero attached hydrogens (tertiary/aromatic N) is 13. The van der Waals surface area contributed by atoms with E-state index in [2.05, 4.69) is 41.3 Å². The third-order valence-corrected chi connectivity index (χ3v) is 19.5. The van der Waals surface area contributed by atoms with Gasteiger partial charge in [0.25, 0.3) is 32.1 Å². The van der Waals surface area contributed by atoms with Gasteiger partial charge in [-0.15, -0.1) is 20.5 Å². The Labute approximate surface area is 588 Å². The topological polar surface area (TPSA) is 409 Å². The molecule has 0 atom stereocenters. The molecule has 5 heterocycles. The maximum atomic E-state index is 13.8. The van der Waals surface area contributed by atoms with Gasteiger partial charge in [-0.05, 0) is 114 Å². The number of hydrogen-bond acceptors (Lipinski definition) is 31. The summed E-state index contributed by atoms with van der Waals surface area (Å²) in [4.78, 5) is 86.2. The first kappa shape index (κ1) is 74.8. The maximum absolute atomic E-state index is 13.8. The van der Waals surface area contributed by atoms with Gasteiger partial charge in [0.15, 0.2) is 16.7 Å². The highest BCUT2D eigenvalue weighted by Crippen LogP contribution is 2.45. The standard InChI is InChI=1S/C63H73N17O15S5/c1-9-77(10-2)49-33-45(47(35-51(49)92-7)73-75-62-68-55(79-21-26-94-27-22-79)53(97-62)31-43(37(5)82)57(84)64-39-13-17-41(18-14-39)99(86,87)88)66-59-70-60(72-61(71-59)96-30-25-81)67-46-34-50(78(11-3)12-4)52(93-8)36-48(46)74-76-63-69-56(80-23-28-95-29-24-80)54(98-63)32-44(38(6)83)58(85)65-40-15-19-42(20-16-40)100(89,90)91/h13-20,31-36,81H,9-12,21-30H2,1-8H3,(H,64,84)(H,65,85)(H,86,87,88)(H,89,90,91)(H2,66,67,70,71,72). The van der Waals surface area contributed by atoms with Crippen LogP contribution in [0.5, 0.6) is 11.5 Å². The van der Waals surface area contributed by atoms with Gasteiger partial charge < -0.3 is 64.9 Å². The van der Waals surface area contributed by atoms with Crippen molar-refractivity contribution in [2.75, 3.05) is 146 Å². The monoisotopic (exact) mass is 1470 g/mol. The zero-order valence-corrected chi connectivity index (χ0v) is 59.7. The number of aliphatic hydroxyl groups excluding tert-OH is 1. The van der Waals surface area contributed by atoms with E-state index in [9.17, 15) is 50.2 Å². The molecule has 7 N–H and O–H groups in total. The van der Waals surface area contributed by atoms with Gasteiger partial charge in [0.1, 0.15) is 34.5 Å². The Morgan fingerprint density at radius 1 is 0.590 bits per heavy atom. The number of azo groups is 2. The minimum absolute atomic E-state index is 0.0269. The van der Waals surface area contributed by atoms with Gasteiger partial charge in [-0.3, -0.25) is 28.3 Å². The first-order valence-electron chi connectivity index (χ1n) is 31.2. The minimum atomic E-state index is -4.51. The second-order valence-electron chi connectivity index (χ2n) is 21.6. The number of ketones is 2. The van der Waals surface area contributed by atoms with Gasteiger partial charge in [-0.25, -0.2) is 0 Å². The summed E-state index contributed by atoms with van der Waals surface area (Å²) in [5.41, 5.74) is 2.38. The largest absolute Gasteiger partial charge is 0.494 e. The van der Waals surface area contributed by atoms with Crippen LogP contribution in [0.3, 0.4) is 0 Å². The number of Topliss-reactive ketones (excluding diaryl/α,β-unsaturated/α-hetero) is 2. The Kier molecular flexibility index (Phi) is 25.5. The lowest BCUT2D eigenvalue weighted by Crippen LogP contribution is -2.36. The molecule has 0 spiro atoms. The Hall–Kier alpha value is -9.44. The molecular formula is C63H73N17O15S5. The molecule has 2 amide bonds. The number of carbonyl (C=O) groups is 4. The highest BCUT2D eigenvalue weighted by molar-refractivity contribution is 7.99. The minimum Gasteiger partial charge on any atom is -0.494 e. The van der Waals surface area contributed by atoms with E-state index >= 15 is 0 Å². The number of hydrogen-bond donors (Lipinski definition) is 7. The van der Waals surface area contributed by atoms with Crippen LogP contribution in [0.2, 0.25) is 0 Å². The van der Waals surface area contributed by atoms with Crippen molar-refractivity contribution >= 4 is 169 Å². The van der Waals surface area contributed by atoms with E-state index in [0.717, 1.165) is 58.7 Å². The van der Waals surface area contributed by atoms with Crippen LogP contribution in [0.25, 0.3) is 12.2 Å². The molecule has 0 aliphatic carbocycles. The summed E-state index contributed by atoms with van der Waals surface area (Å²) in [5, 5.41) is 41.2. The number of amides is 2. The number of methoxy groups -OCH3 is 2. The molecule has 0 bridgehead atoms. The molecule has 3 aromatic heterocycles. The van der Waals surface area contributed by atoms with E-state index < -0.39 is 43.6 Å². The van der Waals surface area contributed by atoms with Crippen molar-refractivity contribution in [2.24, 2.45) is 20.5 Å². The van der Waals surface area contributed by atoms with E-state index in [1.165, 1.54) is 64.5 Å². The van der Waals surface area contributed by atoms with E-state index in [1.807, 2.05) is 49.6 Å².